The highest BCUT2D eigenvalue weighted by Gasteiger charge is 2.18. The zero-order chi connectivity index (χ0) is 23.4. The Kier molecular flexibility index (Phi) is 6.79. The third-order valence-corrected chi connectivity index (χ3v) is 5.03. The summed E-state index contributed by atoms with van der Waals surface area (Å²) in [5, 5.41) is 13.6. The molecule has 0 saturated heterocycles. The zero-order valence-corrected chi connectivity index (χ0v) is 18.3. The molecular weight excluding hydrogens is 436 g/mol. The Morgan fingerprint density at radius 1 is 1.06 bits per heavy atom. The van der Waals surface area contributed by atoms with Crippen LogP contribution < -0.4 is 15.5 Å². The van der Waals surface area contributed by atoms with Crippen LogP contribution in [0.5, 0.6) is 5.75 Å². The monoisotopic (exact) mass is 456 g/mol. The van der Waals surface area contributed by atoms with E-state index in [2.05, 4.69) is 10.7 Å². The smallest absolute Gasteiger partial charge is 0.271 e. The number of nitrogens with zero attached hydrogens (tertiary/aromatic N) is 2. The second kappa shape index (κ2) is 9.52. The first kappa shape index (κ1) is 22.8. The van der Waals surface area contributed by atoms with Crippen LogP contribution in [0.15, 0.2) is 54.6 Å². The number of rotatable bonds is 7. The van der Waals surface area contributed by atoms with Gasteiger partial charge in [-0.15, -0.1) is 0 Å². The van der Waals surface area contributed by atoms with Crippen LogP contribution in [0.4, 0.5) is 11.4 Å². The largest absolute Gasteiger partial charge is 0.481 e. The molecule has 2 amide bonds. The number of halogens is 1. The van der Waals surface area contributed by atoms with Gasteiger partial charge in [0, 0.05) is 29.1 Å². The second-order valence-corrected chi connectivity index (χ2v) is 7.49. The van der Waals surface area contributed by atoms with Gasteiger partial charge in [0.25, 0.3) is 17.5 Å². The minimum atomic E-state index is -0.921. The molecule has 2 N–H and O–H groups in total. The van der Waals surface area contributed by atoms with Crippen molar-refractivity contribution < 1.29 is 19.2 Å². The SMILES string of the molecule is Cc1ccc(C)n1NC(=O)c1ccc(OC(C)C(=O)Nc2cc([N+](=O)[O-])ccc2Cl)cc1. The summed E-state index contributed by atoms with van der Waals surface area (Å²) in [6.07, 6.45) is -0.921. The maximum Gasteiger partial charge on any atom is 0.271 e. The van der Waals surface area contributed by atoms with Crippen LogP contribution in [0, 0.1) is 24.0 Å². The molecule has 10 heteroatoms. The van der Waals surface area contributed by atoms with Gasteiger partial charge in [0.05, 0.1) is 15.6 Å². The predicted molar refractivity (Wildman–Crippen MR) is 121 cm³/mol. The molecule has 0 bridgehead atoms. The number of carbonyl (C=O) groups excluding carboxylic acids is 2. The summed E-state index contributed by atoms with van der Waals surface area (Å²) < 4.78 is 7.31. The van der Waals surface area contributed by atoms with Gasteiger partial charge in [-0.25, -0.2) is 0 Å². The van der Waals surface area contributed by atoms with Gasteiger partial charge in [-0.1, -0.05) is 11.6 Å². The lowest BCUT2D eigenvalue weighted by Crippen LogP contribution is -2.30. The van der Waals surface area contributed by atoms with E-state index in [1.54, 1.807) is 28.9 Å². The van der Waals surface area contributed by atoms with E-state index < -0.39 is 16.9 Å². The molecular formula is C22H21ClN4O5. The van der Waals surface area contributed by atoms with Crippen molar-refractivity contribution >= 4 is 34.8 Å². The van der Waals surface area contributed by atoms with E-state index in [0.29, 0.717) is 11.3 Å². The number of nitro groups is 1. The van der Waals surface area contributed by atoms with Gasteiger partial charge in [-0.2, -0.15) is 0 Å². The quantitative estimate of drug-likeness (QED) is 0.402. The summed E-state index contributed by atoms with van der Waals surface area (Å²) in [6, 6.07) is 13.9. The molecule has 32 heavy (non-hydrogen) atoms. The summed E-state index contributed by atoms with van der Waals surface area (Å²) >= 11 is 6.01. The van der Waals surface area contributed by atoms with Crippen LogP contribution in [0.2, 0.25) is 5.02 Å². The predicted octanol–water partition coefficient (Wildman–Crippen LogP) is 4.46. The Bertz CT molecular complexity index is 1150. The fourth-order valence-electron chi connectivity index (χ4n) is 2.91. The third kappa shape index (κ3) is 5.25. The highest BCUT2D eigenvalue weighted by atomic mass is 35.5. The number of non-ortho nitro benzene ring substituents is 1. The third-order valence-electron chi connectivity index (χ3n) is 4.70. The number of benzene rings is 2. The number of aromatic nitrogens is 1. The number of anilines is 1. The highest BCUT2D eigenvalue weighted by Crippen LogP contribution is 2.27. The lowest BCUT2D eigenvalue weighted by Gasteiger charge is -2.16. The number of aryl methyl sites for hydroxylation is 2. The Labute approximate surface area is 189 Å². The lowest BCUT2D eigenvalue weighted by molar-refractivity contribution is -0.384. The number of hydrogen-bond acceptors (Lipinski definition) is 5. The van der Waals surface area contributed by atoms with Crippen molar-refractivity contribution in [1.82, 2.24) is 4.68 Å². The number of amides is 2. The minimum absolute atomic E-state index is 0.115. The van der Waals surface area contributed by atoms with E-state index in [1.807, 2.05) is 26.0 Å². The minimum Gasteiger partial charge on any atom is -0.481 e. The molecule has 0 fully saturated rings. The van der Waals surface area contributed by atoms with Crippen LogP contribution in [0.1, 0.15) is 28.7 Å². The van der Waals surface area contributed by atoms with Crippen molar-refractivity contribution in [2.75, 3.05) is 10.7 Å². The van der Waals surface area contributed by atoms with Gasteiger partial charge in [0.1, 0.15) is 5.75 Å². The summed E-state index contributed by atoms with van der Waals surface area (Å²) in [5.41, 5.74) is 4.95. The van der Waals surface area contributed by atoms with Crippen molar-refractivity contribution in [3.05, 3.63) is 86.7 Å². The van der Waals surface area contributed by atoms with Crippen LogP contribution in [-0.4, -0.2) is 27.5 Å². The maximum atomic E-state index is 12.5. The molecule has 1 unspecified atom stereocenters. The molecule has 1 aromatic heterocycles. The van der Waals surface area contributed by atoms with Crippen molar-refractivity contribution in [3.63, 3.8) is 0 Å². The van der Waals surface area contributed by atoms with E-state index in [4.69, 9.17) is 16.3 Å². The van der Waals surface area contributed by atoms with E-state index >= 15 is 0 Å². The number of nitrogens with one attached hydrogen (secondary N) is 2. The van der Waals surface area contributed by atoms with Gasteiger partial charge < -0.3 is 10.1 Å². The molecule has 3 aromatic rings. The second-order valence-electron chi connectivity index (χ2n) is 7.09. The summed E-state index contributed by atoms with van der Waals surface area (Å²) in [5.74, 6) is -0.444. The lowest BCUT2D eigenvalue weighted by atomic mass is 10.2. The Morgan fingerprint density at radius 2 is 1.69 bits per heavy atom. The van der Waals surface area contributed by atoms with Crippen molar-refractivity contribution in [2.24, 2.45) is 0 Å². The molecule has 2 aromatic carbocycles. The topological polar surface area (TPSA) is 116 Å². The summed E-state index contributed by atoms with van der Waals surface area (Å²) in [7, 11) is 0. The van der Waals surface area contributed by atoms with Gasteiger partial charge in [-0.05, 0) is 63.2 Å². The fourth-order valence-corrected chi connectivity index (χ4v) is 3.08. The normalized spacial score (nSPS) is 11.5. The van der Waals surface area contributed by atoms with Crippen molar-refractivity contribution in [2.45, 2.75) is 26.9 Å². The van der Waals surface area contributed by atoms with Gasteiger partial charge in [0.15, 0.2) is 6.10 Å². The first-order chi connectivity index (χ1) is 15.2. The molecule has 0 aliphatic carbocycles. The Balaban J connectivity index is 1.62. The number of carbonyl (C=O) groups is 2. The number of hydrogen-bond donors (Lipinski definition) is 2. The summed E-state index contributed by atoms with van der Waals surface area (Å²) in [4.78, 5) is 35.2. The van der Waals surface area contributed by atoms with Gasteiger partial charge in [-0.3, -0.25) is 29.8 Å². The maximum absolute atomic E-state index is 12.5. The first-order valence-electron chi connectivity index (χ1n) is 9.63. The molecule has 1 heterocycles. The van der Waals surface area contributed by atoms with Crippen molar-refractivity contribution in [1.29, 1.82) is 0 Å². The Hall–Kier alpha value is -3.85. The zero-order valence-electron chi connectivity index (χ0n) is 17.6. The molecule has 3 rings (SSSR count). The van der Waals surface area contributed by atoms with Crippen LogP contribution >= 0.6 is 11.6 Å². The standard InChI is InChI=1S/C22H21ClN4O5/c1-13-4-5-14(2)26(13)25-22(29)16-6-9-18(10-7-16)32-15(3)21(28)24-20-12-17(27(30)31)8-11-19(20)23/h4-12,15H,1-3H3,(H,24,28)(H,25,29). The fraction of sp³-hybridized carbons (Fsp3) is 0.182. The average Bonchev–Trinajstić information content (AvgIpc) is 3.07. The van der Waals surface area contributed by atoms with Crippen LogP contribution in [0.3, 0.4) is 0 Å². The first-order valence-corrected chi connectivity index (χ1v) is 10.0. The molecule has 0 saturated carbocycles. The molecule has 0 radical (unpaired) electrons. The molecule has 0 aliphatic heterocycles. The Morgan fingerprint density at radius 3 is 2.28 bits per heavy atom. The van der Waals surface area contributed by atoms with E-state index in [-0.39, 0.29) is 22.3 Å². The van der Waals surface area contributed by atoms with Crippen molar-refractivity contribution in [3.8, 4) is 5.75 Å². The number of nitro benzene ring substituents is 1. The van der Waals surface area contributed by atoms with E-state index in [1.165, 1.54) is 25.1 Å². The molecule has 166 valence electrons. The van der Waals surface area contributed by atoms with Crippen LogP contribution in [0.25, 0.3) is 0 Å². The molecule has 9 nitrogen and oxygen atoms in total. The molecule has 0 aliphatic rings. The van der Waals surface area contributed by atoms with E-state index in [9.17, 15) is 19.7 Å². The molecule has 1 atom stereocenters. The van der Waals surface area contributed by atoms with Gasteiger partial charge >= 0.3 is 0 Å². The van der Waals surface area contributed by atoms with Gasteiger partial charge in [0.2, 0.25) is 0 Å². The molecule has 0 spiro atoms. The average molecular weight is 457 g/mol. The summed E-state index contributed by atoms with van der Waals surface area (Å²) in [6.45, 7) is 5.30. The van der Waals surface area contributed by atoms with Crippen LogP contribution in [-0.2, 0) is 4.79 Å². The number of ether oxygens (including phenoxy) is 1. The highest BCUT2D eigenvalue weighted by molar-refractivity contribution is 6.33. The van der Waals surface area contributed by atoms with E-state index in [0.717, 1.165) is 11.4 Å².